The fourth-order valence-corrected chi connectivity index (χ4v) is 6.80. The molecule has 290 valence electrons. The Bertz CT molecular complexity index is 1700. The second kappa shape index (κ2) is 19.2. The van der Waals surface area contributed by atoms with E-state index in [0.29, 0.717) is 11.8 Å². The molecule has 12 nitrogen and oxygen atoms in total. The van der Waals surface area contributed by atoms with Gasteiger partial charge in [0.2, 0.25) is 12.2 Å². The lowest BCUT2D eigenvalue weighted by Crippen LogP contribution is -2.45. The normalized spacial score (nSPS) is 18.4. The smallest absolute Gasteiger partial charge is 0.412 e. The molecule has 1 fully saturated rings. The second-order valence-corrected chi connectivity index (χ2v) is 14.2. The number of hydrogen-bond donors (Lipinski definition) is 4. The Balaban J connectivity index is 0.000000241. The van der Waals surface area contributed by atoms with Gasteiger partial charge in [0.1, 0.15) is 5.75 Å². The molecule has 1 aliphatic carbocycles. The molecule has 4 N–H and O–H groups in total. The van der Waals surface area contributed by atoms with Crippen LogP contribution >= 0.6 is 0 Å². The van der Waals surface area contributed by atoms with Crippen LogP contribution in [0.15, 0.2) is 66.7 Å². The number of ether oxygens (including phenoxy) is 3. The predicted molar refractivity (Wildman–Crippen MR) is 202 cm³/mol. The molecule has 0 spiro atoms. The first-order chi connectivity index (χ1) is 25.7. The van der Waals surface area contributed by atoms with Crippen LogP contribution in [-0.2, 0) is 30.9 Å². The lowest BCUT2D eigenvalue weighted by atomic mass is 9.81. The van der Waals surface area contributed by atoms with Crippen LogP contribution in [0.5, 0.6) is 5.75 Å². The molecule has 0 aromatic heterocycles. The number of aliphatic carboxylic acids is 2. The molecule has 1 aliphatic heterocycles. The summed E-state index contributed by atoms with van der Waals surface area (Å²) in [5.74, 6) is -4.96. The van der Waals surface area contributed by atoms with E-state index in [1.165, 1.54) is 54.7 Å². The van der Waals surface area contributed by atoms with E-state index in [1.807, 2.05) is 6.07 Å². The number of carboxylic acid groups (broad SMARTS) is 2. The van der Waals surface area contributed by atoms with E-state index in [-0.39, 0.29) is 28.7 Å². The van der Waals surface area contributed by atoms with Crippen LogP contribution in [-0.4, -0.2) is 71.0 Å². The highest BCUT2D eigenvalue weighted by molar-refractivity contribution is 5.95. The maximum Gasteiger partial charge on any atom is 0.412 e. The number of carboxylic acids is 2. The summed E-state index contributed by atoms with van der Waals surface area (Å²) in [5.41, 5.74) is 4.71. The fourth-order valence-electron chi connectivity index (χ4n) is 6.80. The Kier molecular flexibility index (Phi) is 14.8. The summed E-state index contributed by atoms with van der Waals surface area (Å²) in [6.07, 6.45) is 4.34. The highest BCUT2D eigenvalue weighted by atomic mass is 16.6. The number of hydrogen-bond acceptors (Lipinski definition) is 9. The number of fused-ring (bicyclic) bond motifs is 3. The molecule has 12 heteroatoms. The van der Waals surface area contributed by atoms with Gasteiger partial charge in [-0.2, -0.15) is 0 Å². The number of carbonyl (C=O) groups excluding carboxylic acids is 3. The number of unbranched alkanes of at least 4 members (excludes halogenated alkanes) is 3. The van der Waals surface area contributed by atoms with Gasteiger partial charge >= 0.3 is 30.0 Å². The number of benzene rings is 3. The Morgan fingerprint density at radius 2 is 1.37 bits per heavy atom. The van der Waals surface area contributed by atoms with Crippen LogP contribution in [0.25, 0.3) is 0 Å². The summed E-state index contributed by atoms with van der Waals surface area (Å²) >= 11 is 0. The molecule has 54 heavy (non-hydrogen) atoms. The zero-order chi connectivity index (χ0) is 39.4. The lowest BCUT2D eigenvalue weighted by molar-refractivity contribution is -0.166. The van der Waals surface area contributed by atoms with E-state index in [9.17, 15) is 34.2 Å². The topological polar surface area (TPSA) is 178 Å². The van der Waals surface area contributed by atoms with Gasteiger partial charge in [0.25, 0.3) is 0 Å². The van der Waals surface area contributed by atoms with Crippen molar-refractivity contribution in [3.8, 4) is 5.75 Å². The molecule has 1 saturated heterocycles. The first-order valence-electron chi connectivity index (χ1n) is 18.6. The minimum absolute atomic E-state index is 0.0332. The second-order valence-electron chi connectivity index (χ2n) is 14.2. The van der Waals surface area contributed by atoms with Crippen LogP contribution in [0, 0.1) is 13.8 Å². The Labute approximate surface area is 316 Å². The van der Waals surface area contributed by atoms with Gasteiger partial charge in [0.15, 0.2) is 0 Å². The molecule has 3 aromatic carbocycles. The van der Waals surface area contributed by atoms with Crippen molar-refractivity contribution in [1.82, 2.24) is 10.6 Å². The molecule has 0 bridgehead atoms. The van der Waals surface area contributed by atoms with Gasteiger partial charge < -0.3 is 35.1 Å². The van der Waals surface area contributed by atoms with Crippen molar-refractivity contribution in [2.24, 2.45) is 0 Å². The van der Waals surface area contributed by atoms with Crippen molar-refractivity contribution >= 4 is 30.0 Å². The minimum Gasteiger partial charge on any atom is -0.478 e. The molecule has 5 rings (SSSR count). The van der Waals surface area contributed by atoms with Crippen LogP contribution in [0.4, 0.5) is 4.79 Å². The zero-order valence-corrected chi connectivity index (χ0v) is 31.7. The Hall–Kier alpha value is -5.23. The third kappa shape index (κ3) is 10.9. The lowest BCUT2D eigenvalue weighted by Gasteiger charge is -2.25. The quantitative estimate of drug-likeness (QED) is 0.0938. The average molecular weight is 745 g/mol. The number of amides is 1. The van der Waals surface area contributed by atoms with E-state index in [2.05, 4.69) is 43.5 Å². The zero-order valence-electron chi connectivity index (χ0n) is 31.7. The van der Waals surface area contributed by atoms with Crippen molar-refractivity contribution in [2.75, 3.05) is 6.54 Å². The van der Waals surface area contributed by atoms with Gasteiger partial charge in [-0.25, -0.2) is 24.0 Å². The average Bonchev–Trinajstić information content (AvgIpc) is 3.64. The Morgan fingerprint density at radius 3 is 1.87 bits per heavy atom. The standard InChI is InChI=1S/C22H34N2O2.C20H18O8/c1-4-6-7-8-9-17(5-2)24-21(25)26-18-11-10-16-14-20-22(3,12-13-23-20)19(16)15-18;1-11-3-7-13(8-4-11)19(25)27-15(17(21)22)16(18(23)24)28-20(26)14-9-5-12(2)6-10-14/h10-11,15,17,20,23H,4-9,12-14H2,1-3H3,(H,24,25);3-10,15-16H,1-2H3,(H,21,22)(H,23,24)/t17?,20-,22+;15-,16-/m11/s1. The molecule has 0 radical (unpaired) electrons. The van der Waals surface area contributed by atoms with Crippen LogP contribution in [0.1, 0.15) is 109 Å². The summed E-state index contributed by atoms with van der Waals surface area (Å²) in [6, 6.07) is 18.9. The monoisotopic (exact) mass is 744 g/mol. The SMILES string of the molecule is CCCCCCC(CC)NC(=O)Oc1ccc2c(c1)[C@]1(C)CCN[C@@H]1C2.Cc1ccc(C(=O)O[C@@H](C(=O)O)[C@@H](OC(=O)c2ccc(C)cc2)C(=O)O)cc1. The molecule has 2 aliphatic rings. The summed E-state index contributed by atoms with van der Waals surface area (Å²) in [7, 11) is 0. The molecule has 1 unspecified atom stereocenters. The number of aryl methyl sites for hydroxylation is 2. The Morgan fingerprint density at radius 1 is 0.815 bits per heavy atom. The number of esters is 2. The van der Waals surface area contributed by atoms with Gasteiger partial charge in [0.05, 0.1) is 11.1 Å². The van der Waals surface area contributed by atoms with E-state index in [1.54, 1.807) is 38.1 Å². The number of nitrogens with one attached hydrogen (secondary N) is 2. The summed E-state index contributed by atoms with van der Waals surface area (Å²) in [5, 5.41) is 25.3. The third-order valence-corrected chi connectivity index (χ3v) is 10.2. The predicted octanol–water partition coefficient (Wildman–Crippen LogP) is 6.92. The van der Waals surface area contributed by atoms with E-state index < -0.39 is 36.1 Å². The van der Waals surface area contributed by atoms with Crippen molar-refractivity contribution in [3.63, 3.8) is 0 Å². The fraction of sp³-hybridized carbons (Fsp3) is 0.452. The minimum atomic E-state index is -2.22. The van der Waals surface area contributed by atoms with Gasteiger partial charge in [-0.15, -0.1) is 0 Å². The number of rotatable bonds is 15. The molecule has 5 atom stereocenters. The first kappa shape index (κ1) is 41.5. The highest BCUT2D eigenvalue weighted by Crippen LogP contribution is 2.45. The van der Waals surface area contributed by atoms with Crippen molar-refractivity contribution in [1.29, 1.82) is 0 Å². The van der Waals surface area contributed by atoms with E-state index >= 15 is 0 Å². The maximum absolute atomic E-state index is 12.3. The summed E-state index contributed by atoms with van der Waals surface area (Å²) in [6.45, 7) is 11.3. The maximum atomic E-state index is 12.3. The van der Waals surface area contributed by atoms with Gasteiger partial charge in [-0.3, -0.25) is 0 Å². The van der Waals surface area contributed by atoms with Crippen molar-refractivity contribution in [3.05, 3.63) is 100 Å². The molecule has 3 aromatic rings. The molecular weight excluding hydrogens is 692 g/mol. The number of carbonyl (C=O) groups is 5. The van der Waals surface area contributed by atoms with Crippen LogP contribution in [0.3, 0.4) is 0 Å². The van der Waals surface area contributed by atoms with Crippen LogP contribution < -0.4 is 15.4 Å². The highest BCUT2D eigenvalue weighted by Gasteiger charge is 2.46. The van der Waals surface area contributed by atoms with E-state index in [0.717, 1.165) is 49.8 Å². The van der Waals surface area contributed by atoms with Gasteiger partial charge in [-0.1, -0.05) is 87.9 Å². The van der Waals surface area contributed by atoms with Crippen molar-refractivity contribution in [2.45, 2.75) is 116 Å². The molecule has 1 heterocycles. The largest absolute Gasteiger partial charge is 0.478 e. The molecule has 1 amide bonds. The van der Waals surface area contributed by atoms with Crippen molar-refractivity contribution < 1.29 is 48.4 Å². The van der Waals surface area contributed by atoms with Gasteiger partial charge in [0, 0.05) is 17.5 Å². The van der Waals surface area contributed by atoms with Crippen LogP contribution in [0.2, 0.25) is 0 Å². The first-order valence-corrected chi connectivity index (χ1v) is 18.6. The molecule has 0 saturated carbocycles. The summed E-state index contributed by atoms with van der Waals surface area (Å²) in [4.78, 5) is 59.7. The molecular formula is C42H52N2O10. The van der Waals surface area contributed by atoms with Gasteiger partial charge in [-0.05, 0) is 93.6 Å². The van der Waals surface area contributed by atoms with E-state index in [4.69, 9.17) is 14.2 Å². The third-order valence-electron chi connectivity index (χ3n) is 10.2. The summed E-state index contributed by atoms with van der Waals surface area (Å²) < 4.78 is 15.3.